The zero-order chi connectivity index (χ0) is 41.0. The van der Waals surface area contributed by atoms with Gasteiger partial charge in [-0.25, -0.2) is 0 Å². The normalized spacial score (nSPS) is 23.8. The number of hydrogen-bond acceptors (Lipinski definition) is 9. The van der Waals surface area contributed by atoms with Crippen molar-refractivity contribution in [2.45, 2.75) is 83.5 Å². The predicted molar refractivity (Wildman–Crippen MR) is 228 cm³/mol. The monoisotopic (exact) mass is 816 g/mol. The Labute approximate surface area is 351 Å². The van der Waals surface area contributed by atoms with Crippen LogP contribution in [0.4, 0.5) is 17.1 Å². The first kappa shape index (κ1) is 39.3. The molecule has 1 N–H and O–H groups in total. The van der Waals surface area contributed by atoms with Gasteiger partial charge < -0.3 is 24.5 Å². The Hall–Kier alpha value is -5.12. The number of carbonyl (C=O) groups is 4. The second-order valence-electron chi connectivity index (χ2n) is 17.7. The predicted octanol–water partition coefficient (Wildman–Crippen LogP) is 5.59. The number of anilines is 3. The third-order valence-electron chi connectivity index (χ3n) is 14.3. The van der Waals surface area contributed by atoms with Crippen LogP contribution in [0.2, 0.25) is 5.02 Å². The number of benzene rings is 3. The van der Waals surface area contributed by atoms with Crippen molar-refractivity contribution in [3.63, 3.8) is 0 Å². The average molecular weight is 817 g/mol. The molecule has 6 aliphatic heterocycles. The maximum absolute atomic E-state index is 13.6. The fraction of sp³-hybridized carbons (Fsp3) is 0.500. The molecule has 0 aromatic heterocycles. The number of amides is 4. The van der Waals surface area contributed by atoms with E-state index in [2.05, 4.69) is 62.2 Å². The summed E-state index contributed by atoms with van der Waals surface area (Å²) in [5.41, 5.74) is 7.43. The van der Waals surface area contributed by atoms with E-state index in [1.807, 2.05) is 42.2 Å². The van der Waals surface area contributed by atoms with Crippen LogP contribution in [0.5, 0.6) is 0 Å². The maximum Gasteiger partial charge on any atom is 0.255 e. The summed E-state index contributed by atoms with van der Waals surface area (Å²) in [7, 11) is 0. The van der Waals surface area contributed by atoms with Gasteiger partial charge in [-0.1, -0.05) is 17.7 Å². The molecule has 1 spiro atoms. The van der Waals surface area contributed by atoms with Crippen molar-refractivity contribution in [1.82, 2.24) is 20.0 Å². The van der Waals surface area contributed by atoms with E-state index in [0.717, 1.165) is 119 Å². The number of piperidine rings is 3. The van der Waals surface area contributed by atoms with Gasteiger partial charge in [0.15, 0.2) is 0 Å². The van der Waals surface area contributed by atoms with E-state index in [9.17, 15) is 24.4 Å². The molecular formula is C46H53ClN8O4. The summed E-state index contributed by atoms with van der Waals surface area (Å²) in [6.07, 6.45) is 6.02. The topological polar surface area (TPSA) is 124 Å². The Morgan fingerprint density at radius 1 is 0.847 bits per heavy atom. The van der Waals surface area contributed by atoms with Crippen LogP contribution in [0.25, 0.3) is 0 Å². The van der Waals surface area contributed by atoms with Crippen molar-refractivity contribution in [2.24, 2.45) is 5.41 Å². The van der Waals surface area contributed by atoms with E-state index in [4.69, 9.17) is 11.6 Å². The molecule has 3 aromatic carbocycles. The van der Waals surface area contributed by atoms with E-state index in [1.165, 1.54) is 5.69 Å². The lowest BCUT2D eigenvalue weighted by molar-refractivity contribution is -0.136. The molecule has 4 amide bonds. The van der Waals surface area contributed by atoms with E-state index >= 15 is 0 Å². The molecule has 1 unspecified atom stereocenters. The highest BCUT2D eigenvalue weighted by atomic mass is 35.5. The average Bonchev–Trinajstić information content (AvgIpc) is 3.76. The maximum atomic E-state index is 13.6. The van der Waals surface area contributed by atoms with Crippen molar-refractivity contribution < 1.29 is 19.2 Å². The first-order valence-corrected chi connectivity index (χ1v) is 21.8. The van der Waals surface area contributed by atoms with Gasteiger partial charge in [-0.05, 0) is 117 Å². The van der Waals surface area contributed by atoms with Gasteiger partial charge in [0.2, 0.25) is 11.8 Å². The zero-order valence-corrected chi connectivity index (χ0v) is 34.8. The molecule has 0 saturated carbocycles. The van der Waals surface area contributed by atoms with Gasteiger partial charge >= 0.3 is 0 Å². The highest BCUT2D eigenvalue weighted by Gasteiger charge is 2.45. The molecule has 59 heavy (non-hydrogen) atoms. The van der Waals surface area contributed by atoms with Gasteiger partial charge in [-0.2, -0.15) is 5.26 Å². The van der Waals surface area contributed by atoms with Crippen molar-refractivity contribution >= 4 is 52.3 Å². The summed E-state index contributed by atoms with van der Waals surface area (Å²) in [5.74, 6) is -0.704. The van der Waals surface area contributed by atoms with Crippen LogP contribution in [0.15, 0.2) is 54.6 Å². The van der Waals surface area contributed by atoms with Crippen LogP contribution in [0.3, 0.4) is 0 Å². The third kappa shape index (κ3) is 7.41. The molecule has 2 atom stereocenters. The Kier molecular flexibility index (Phi) is 10.5. The third-order valence-corrected chi connectivity index (χ3v) is 14.8. The molecule has 12 nitrogen and oxygen atoms in total. The minimum absolute atomic E-state index is 0.101. The van der Waals surface area contributed by atoms with Crippen LogP contribution in [0, 0.1) is 23.7 Å². The van der Waals surface area contributed by atoms with Crippen molar-refractivity contribution in [2.75, 3.05) is 73.6 Å². The fourth-order valence-electron chi connectivity index (χ4n) is 10.8. The molecule has 0 radical (unpaired) electrons. The number of rotatable bonds is 6. The molecule has 0 aliphatic carbocycles. The zero-order valence-electron chi connectivity index (χ0n) is 34.1. The molecule has 3 aromatic rings. The van der Waals surface area contributed by atoms with Gasteiger partial charge in [0.1, 0.15) is 12.1 Å². The second-order valence-corrected chi connectivity index (χ2v) is 18.1. The number of piperazine rings is 1. The van der Waals surface area contributed by atoms with Gasteiger partial charge in [0.05, 0.1) is 10.6 Å². The number of nitrogens with one attached hydrogen (secondary N) is 1. The van der Waals surface area contributed by atoms with Crippen LogP contribution in [0.1, 0.15) is 89.3 Å². The summed E-state index contributed by atoms with van der Waals surface area (Å²) in [6.45, 7) is 12.6. The van der Waals surface area contributed by atoms with Gasteiger partial charge in [-0.15, -0.1) is 0 Å². The molecule has 6 heterocycles. The molecule has 13 heteroatoms. The molecule has 0 bridgehead atoms. The summed E-state index contributed by atoms with van der Waals surface area (Å²) >= 11 is 6.55. The van der Waals surface area contributed by atoms with Gasteiger partial charge in [0, 0.05) is 112 Å². The van der Waals surface area contributed by atoms with E-state index in [1.54, 1.807) is 4.90 Å². The first-order chi connectivity index (χ1) is 28.5. The largest absolute Gasteiger partial charge is 0.371 e. The summed E-state index contributed by atoms with van der Waals surface area (Å²) in [4.78, 5) is 64.6. The van der Waals surface area contributed by atoms with Gasteiger partial charge in [-0.3, -0.25) is 29.4 Å². The number of imide groups is 1. The van der Waals surface area contributed by atoms with E-state index < -0.39 is 6.04 Å². The minimum atomic E-state index is -0.606. The Balaban J connectivity index is 0.732. The van der Waals surface area contributed by atoms with Crippen molar-refractivity contribution in [3.8, 4) is 6.07 Å². The highest BCUT2D eigenvalue weighted by Crippen LogP contribution is 2.47. The lowest BCUT2D eigenvalue weighted by Crippen LogP contribution is -2.54. The second kappa shape index (κ2) is 15.8. The smallest absolute Gasteiger partial charge is 0.255 e. The quantitative estimate of drug-likeness (QED) is 0.317. The van der Waals surface area contributed by atoms with Crippen LogP contribution < -0.4 is 20.0 Å². The standard InChI is InChI=1S/C46H53ClN8O4/c1-30-26-46(29-55(30)39-10-6-33(27-48)42(47)31(39)2)15-19-51(20-16-46)35-7-3-32(4-8-35)44(58)53-23-21-52(22-24-53)36-13-17-50(18-14-36)37-9-5-34-28-54(45(59)38(34)25-37)40-11-12-41(56)49-43(40)57/h3-10,25,30,36,40H,11-24,26,28-29H2,1-2H3,(H,49,56,57)/t30-,40?/m0/s1. The SMILES string of the molecule is Cc1c(N2CC3(CCN(c4ccc(C(=O)N5CCN(C6CCN(c7ccc8c(c7)C(=O)N(C7CCC(=O)NC7=O)C8)CC6)CC5)cc4)CC3)C[C@@H]2C)ccc(C#N)c1Cl. The molecule has 6 aliphatic rings. The minimum Gasteiger partial charge on any atom is -0.371 e. The number of carbonyl (C=O) groups excluding carboxylic acids is 4. The lowest BCUT2D eigenvalue weighted by Gasteiger charge is -2.43. The highest BCUT2D eigenvalue weighted by molar-refractivity contribution is 6.32. The van der Waals surface area contributed by atoms with Crippen molar-refractivity contribution in [1.29, 1.82) is 5.26 Å². The summed E-state index contributed by atoms with van der Waals surface area (Å²) in [6, 6.07) is 20.7. The molecule has 5 saturated heterocycles. The molecule has 308 valence electrons. The van der Waals surface area contributed by atoms with Crippen LogP contribution in [-0.2, 0) is 16.1 Å². The first-order valence-electron chi connectivity index (χ1n) is 21.4. The van der Waals surface area contributed by atoms with Crippen LogP contribution in [-0.4, -0.2) is 115 Å². The number of hydrogen-bond donors (Lipinski definition) is 1. The number of halogens is 1. The van der Waals surface area contributed by atoms with Crippen molar-refractivity contribution in [3.05, 3.63) is 87.4 Å². The number of nitriles is 1. The van der Waals surface area contributed by atoms with E-state index in [-0.39, 0.29) is 35.5 Å². The Bertz CT molecular complexity index is 2200. The van der Waals surface area contributed by atoms with E-state index in [0.29, 0.717) is 41.2 Å². The lowest BCUT2D eigenvalue weighted by atomic mass is 9.76. The molecule has 5 fully saturated rings. The molecular weight excluding hydrogens is 764 g/mol. The summed E-state index contributed by atoms with van der Waals surface area (Å²) in [5, 5.41) is 12.4. The number of nitrogens with zero attached hydrogens (tertiary/aromatic N) is 7. The molecule has 9 rings (SSSR count). The Morgan fingerprint density at radius 2 is 1.54 bits per heavy atom. The Morgan fingerprint density at radius 3 is 2.24 bits per heavy atom. The number of fused-ring (bicyclic) bond motifs is 1. The summed E-state index contributed by atoms with van der Waals surface area (Å²) < 4.78 is 0. The van der Waals surface area contributed by atoms with Crippen LogP contribution >= 0.6 is 11.6 Å². The fourth-order valence-corrected chi connectivity index (χ4v) is 11.0. The van der Waals surface area contributed by atoms with Gasteiger partial charge in [0.25, 0.3) is 11.8 Å².